The van der Waals surface area contributed by atoms with Crippen LogP contribution in [0.2, 0.25) is 0 Å². The number of amides is 2. The van der Waals surface area contributed by atoms with E-state index in [9.17, 15) is 14.0 Å². The first-order valence-electron chi connectivity index (χ1n) is 17.2. The van der Waals surface area contributed by atoms with Crippen molar-refractivity contribution >= 4 is 40.7 Å². The Kier molecular flexibility index (Phi) is 9.22. The number of carbonyl (C=O) groups excluding carboxylic acids is 2. The molecule has 4 heterocycles. The summed E-state index contributed by atoms with van der Waals surface area (Å²) >= 11 is 0. The summed E-state index contributed by atoms with van der Waals surface area (Å²) in [4.78, 5) is 44.0. The van der Waals surface area contributed by atoms with Gasteiger partial charge in [-0.15, -0.1) is 0 Å². The van der Waals surface area contributed by atoms with Crippen LogP contribution in [-0.4, -0.2) is 72.4 Å². The molecule has 0 bridgehead atoms. The van der Waals surface area contributed by atoms with Gasteiger partial charge in [0.25, 0.3) is 0 Å². The van der Waals surface area contributed by atoms with Crippen molar-refractivity contribution in [2.45, 2.75) is 38.8 Å². The minimum atomic E-state index is -0.549. The molecule has 3 aromatic carbocycles. The fourth-order valence-corrected chi connectivity index (χ4v) is 7.00. The van der Waals surface area contributed by atoms with Crippen LogP contribution >= 0.6 is 0 Å². The number of halogens is 1. The van der Waals surface area contributed by atoms with Gasteiger partial charge in [0.1, 0.15) is 29.3 Å². The summed E-state index contributed by atoms with van der Waals surface area (Å²) in [6, 6.07) is 19.9. The Labute approximate surface area is 302 Å². The highest BCUT2D eigenvalue weighted by molar-refractivity contribution is 6.02. The van der Waals surface area contributed by atoms with E-state index in [4.69, 9.17) is 14.3 Å². The number of benzene rings is 3. The summed E-state index contributed by atoms with van der Waals surface area (Å²) in [5.74, 6) is 0.946. The van der Waals surface area contributed by atoms with Crippen LogP contribution in [0, 0.1) is 11.2 Å². The van der Waals surface area contributed by atoms with E-state index in [2.05, 4.69) is 38.1 Å². The molecular formula is C39H42FN7O5. The van der Waals surface area contributed by atoms with Gasteiger partial charge in [0.05, 0.1) is 36.8 Å². The predicted molar refractivity (Wildman–Crippen MR) is 197 cm³/mol. The molecule has 1 atom stereocenters. The Bertz CT molecular complexity index is 2000. The number of hydrogen-bond donors (Lipinski definition) is 2. The van der Waals surface area contributed by atoms with E-state index >= 15 is 0 Å². The Balaban J connectivity index is 1.09. The maximum absolute atomic E-state index is 14.0. The zero-order chi connectivity index (χ0) is 36.6. The van der Waals surface area contributed by atoms with Crippen molar-refractivity contribution in [1.82, 2.24) is 14.9 Å². The number of anilines is 5. The maximum atomic E-state index is 14.0. The number of rotatable bonds is 9. The third-order valence-electron chi connectivity index (χ3n) is 9.33. The number of hydroxylamine groups is 1. The molecule has 0 unspecified atom stereocenters. The molecule has 2 N–H and O–H groups in total. The third kappa shape index (κ3) is 7.22. The average molecular weight is 708 g/mol. The minimum Gasteiger partial charge on any atom is -0.494 e. The first-order valence-corrected chi connectivity index (χ1v) is 17.2. The van der Waals surface area contributed by atoms with Crippen molar-refractivity contribution in [3.63, 3.8) is 0 Å². The smallest absolute Gasteiger partial charge is 0.410 e. The van der Waals surface area contributed by atoms with E-state index in [-0.39, 0.29) is 29.3 Å². The highest BCUT2D eigenvalue weighted by Crippen LogP contribution is 2.47. The van der Waals surface area contributed by atoms with E-state index in [1.807, 2.05) is 57.2 Å². The number of likely N-dealkylation sites (tertiary alicyclic amines) is 1. The SMILES string of the molecule is C=CC(=O)Nc1cc(Nc2cc(N3OCC[C@@H]3c3cccc(-c4cccc(F)c4)c3)ncn2)c(OC)cc1N1CC2(CN(C(=O)OC(C)(C)C)C2)C1. The van der Waals surface area contributed by atoms with Crippen molar-refractivity contribution in [2.75, 3.05) is 60.5 Å². The summed E-state index contributed by atoms with van der Waals surface area (Å²) in [5.41, 5.74) is 4.07. The lowest BCUT2D eigenvalue weighted by atomic mass is 9.72. The van der Waals surface area contributed by atoms with Gasteiger partial charge in [-0.3, -0.25) is 9.63 Å². The molecule has 13 heteroatoms. The number of hydrogen-bond acceptors (Lipinski definition) is 10. The van der Waals surface area contributed by atoms with Crippen LogP contribution in [0.4, 0.5) is 37.9 Å². The van der Waals surface area contributed by atoms with Gasteiger partial charge in [0.2, 0.25) is 5.91 Å². The largest absolute Gasteiger partial charge is 0.494 e. The molecule has 0 aliphatic carbocycles. The van der Waals surface area contributed by atoms with Crippen LogP contribution in [0.1, 0.15) is 38.8 Å². The number of ether oxygens (including phenoxy) is 2. The topological polar surface area (TPSA) is 121 Å². The summed E-state index contributed by atoms with van der Waals surface area (Å²) < 4.78 is 25.3. The second-order valence-corrected chi connectivity index (χ2v) is 14.4. The van der Waals surface area contributed by atoms with Crippen molar-refractivity contribution in [3.05, 3.63) is 97.1 Å². The summed E-state index contributed by atoms with van der Waals surface area (Å²) in [5, 5.41) is 8.06. The molecule has 1 aromatic heterocycles. The lowest BCUT2D eigenvalue weighted by Crippen LogP contribution is -2.73. The van der Waals surface area contributed by atoms with Crippen LogP contribution < -0.4 is 25.3 Å². The molecule has 7 rings (SSSR count). The van der Waals surface area contributed by atoms with Gasteiger partial charge >= 0.3 is 6.09 Å². The predicted octanol–water partition coefficient (Wildman–Crippen LogP) is 7.10. The van der Waals surface area contributed by atoms with Gasteiger partial charge in [-0.25, -0.2) is 24.2 Å². The van der Waals surface area contributed by atoms with Gasteiger partial charge in [-0.2, -0.15) is 0 Å². The Morgan fingerprint density at radius 3 is 2.46 bits per heavy atom. The lowest BCUT2D eigenvalue weighted by molar-refractivity contribution is -0.111. The zero-order valence-electron chi connectivity index (χ0n) is 29.7. The van der Waals surface area contributed by atoms with Crippen LogP contribution in [0.15, 0.2) is 85.7 Å². The van der Waals surface area contributed by atoms with Crippen LogP contribution in [-0.2, 0) is 14.4 Å². The molecule has 2 amide bonds. The Morgan fingerprint density at radius 1 is 1.00 bits per heavy atom. The second-order valence-electron chi connectivity index (χ2n) is 14.4. The fraction of sp³-hybridized carbons (Fsp3) is 0.333. The Hall–Kier alpha value is -5.69. The summed E-state index contributed by atoms with van der Waals surface area (Å²) in [6.45, 7) is 12.3. The summed E-state index contributed by atoms with van der Waals surface area (Å²) in [7, 11) is 1.58. The minimum absolute atomic E-state index is 0.0333. The van der Waals surface area contributed by atoms with Crippen LogP contribution in [0.5, 0.6) is 5.75 Å². The molecule has 3 aliphatic heterocycles. The van der Waals surface area contributed by atoms with Crippen LogP contribution in [0.25, 0.3) is 11.1 Å². The molecule has 0 saturated carbocycles. The van der Waals surface area contributed by atoms with Gasteiger partial charge in [-0.1, -0.05) is 36.9 Å². The molecule has 270 valence electrons. The zero-order valence-corrected chi connectivity index (χ0v) is 29.7. The Morgan fingerprint density at radius 2 is 1.75 bits per heavy atom. The summed E-state index contributed by atoms with van der Waals surface area (Å²) in [6.07, 6.45) is 3.11. The van der Waals surface area contributed by atoms with E-state index in [0.717, 1.165) is 28.8 Å². The maximum Gasteiger partial charge on any atom is 0.410 e. The van der Waals surface area contributed by atoms with Crippen LogP contribution in [0.3, 0.4) is 0 Å². The highest BCUT2D eigenvalue weighted by atomic mass is 19.1. The van der Waals surface area contributed by atoms with Gasteiger partial charge < -0.3 is 29.9 Å². The molecule has 1 spiro atoms. The molecule has 3 saturated heterocycles. The number of aromatic nitrogens is 2. The van der Waals surface area contributed by atoms with Gasteiger partial charge in [-0.05, 0) is 67.8 Å². The lowest BCUT2D eigenvalue weighted by Gasteiger charge is -2.60. The second kappa shape index (κ2) is 13.8. The first kappa shape index (κ1) is 34.7. The molecule has 3 fully saturated rings. The molecule has 52 heavy (non-hydrogen) atoms. The van der Waals surface area contributed by atoms with Gasteiger partial charge in [0.15, 0.2) is 5.82 Å². The van der Waals surface area contributed by atoms with E-state index in [0.29, 0.717) is 61.5 Å². The fourth-order valence-electron chi connectivity index (χ4n) is 7.00. The molecule has 0 radical (unpaired) electrons. The average Bonchev–Trinajstić information content (AvgIpc) is 3.57. The van der Waals surface area contributed by atoms with Crippen molar-refractivity contribution in [1.29, 1.82) is 0 Å². The molecule has 12 nitrogen and oxygen atoms in total. The van der Waals surface area contributed by atoms with E-state index in [1.54, 1.807) is 29.2 Å². The quantitative estimate of drug-likeness (QED) is 0.174. The molecular weight excluding hydrogens is 665 g/mol. The number of nitrogens with one attached hydrogen (secondary N) is 2. The van der Waals surface area contributed by atoms with E-state index in [1.165, 1.54) is 24.5 Å². The normalized spacial score (nSPS) is 17.6. The number of nitrogens with zero attached hydrogens (tertiary/aromatic N) is 5. The van der Waals surface area contributed by atoms with Crippen molar-refractivity contribution in [2.24, 2.45) is 5.41 Å². The van der Waals surface area contributed by atoms with Crippen molar-refractivity contribution in [3.8, 4) is 16.9 Å². The monoisotopic (exact) mass is 707 g/mol. The number of carbonyl (C=O) groups is 2. The van der Waals surface area contributed by atoms with Gasteiger partial charge in [0, 0.05) is 50.1 Å². The first-order chi connectivity index (χ1) is 24.9. The van der Waals surface area contributed by atoms with Crippen molar-refractivity contribution < 1.29 is 28.3 Å². The highest BCUT2D eigenvalue weighted by Gasteiger charge is 2.54. The van der Waals surface area contributed by atoms with E-state index < -0.39 is 5.60 Å². The molecule has 4 aromatic rings. The standard InChI is InChI=1S/C39H42FN7O5/c1-6-36(48)44-29-17-30(33(50-5)18-32(29)45-20-39(21-45)22-46(23-39)37(49)52-38(2,3)4)43-34-19-35(42-24-41-34)47-31(13-14-51-47)27-11-7-9-25(15-27)26-10-8-12-28(40)16-26/h6-12,15-19,24,31H,1,13-14,20-23H2,2-5H3,(H,44,48)(H,41,42,43)/t31-/m1/s1. The third-order valence-corrected chi connectivity index (χ3v) is 9.33. The molecule has 3 aliphatic rings. The number of methoxy groups -OCH3 is 1.